The van der Waals surface area contributed by atoms with Gasteiger partial charge in [0, 0.05) is 22.9 Å². The number of nitrogens with zero attached hydrogens (tertiary/aromatic N) is 1. The van der Waals surface area contributed by atoms with Crippen LogP contribution in [0.1, 0.15) is 53.3 Å². The maximum atomic E-state index is 15.4. The van der Waals surface area contributed by atoms with Crippen molar-refractivity contribution in [3.8, 4) is 0 Å². The number of carbonyl (C=O) groups excluding carboxylic acids is 2. The molecule has 1 saturated heterocycles. The second kappa shape index (κ2) is 13.9. The van der Waals surface area contributed by atoms with Crippen LogP contribution in [-0.2, 0) is 39.9 Å². The van der Waals surface area contributed by atoms with Crippen molar-refractivity contribution in [1.82, 2.24) is 14.6 Å². The Labute approximate surface area is 245 Å². The maximum Gasteiger partial charge on any atom is 0.330 e. The molecule has 17 heteroatoms. The molecular formula is C23H36ClFN3O9PS2. The number of ether oxygens (including phenoxy) is 2. The Morgan fingerprint density at radius 2 is 1.98 bits per heavy atom. The van der Waals surface area contributed by atoms with E-state index in [1.807, 2.05) is 4.98 Å². The van der Waals surface area contributed by atoms with Crippen LogP contribution < -0.4 is 16.3 Å². The number of halogens is 2. The monoisotopic (exact) mass is 647 g/mol. The number of carbonyl (C=O) groups is 2. The number of H-pyrrole nitrogens is 1. The third-order valence-electron chi connectivity index (χ3n) is 5.43. The number of esters is 1. The van der Waals surface area contributed by atoms with Gasteiger partial charge >= 0.3 is 11.7 Å². The van der Waals surface area contributed by atoms with Crippen molar-refractivity contribution < 1.29 is 37.6 Å². The molecule has 0 radical (unpaired) electrons. The summed E-state index contributed by atoms with van der Waals surface area (Å²) < 4.78 is 38.4. The standard InChI is InChI=1S/C23H36ClFN3O9PS2/c1-12(2)36-18(31)14(4)27-38(39,34-8-9-40-20(32)22(5,6)7)35-11-15-16(29)23(24,25)19(37-15)28-10-13(3)17(30)26-21(28)33/h10,12,14-16,19,29H,8-9,11H2,1-7H3,(H,27,39)(H,26,30,33)/t14-,15+,16+,19+,23+,38+/m0/s1. The van der Waals surface area contributed by atoms with Gasteiger partial charge in [-0.2, -0.15) is 0 Å². The minimum absolute atomic E-state index is 0.0337. The molecule has 12 nitrogen and oxygen atoms in total. The molecule has 2 heterocycles. The average Bonchev–Trinajstić information content (AvgIpc) is 3.05. The first kappa shape index (κ1) is 35.0. The third kappa shape index (κ3) is 9.17. The molecule has 3 N–H and O–H groups in total. The van der Waals surface area contributed by atoms with Gasteiger partial charge in [0.05, 0.1) is 19.3 Å². The van der Waals surface area contributed by atoms with E-state index in [-0.39, 0.29) is 23.0 Å². The molecule has 0 aliphatic carbocycles. The Bertz CT molecular complexity index is 1240. The van der Waals surface area contributed by atoms with Crippen molar-refractivity contribution in [3.63, 3.8) is 0 Å². The van der Waals surface area contributed by atoms with Crippen LogP contribution in [0.25, 0.3) is 0 Å². The van der Waals surface area contributed by atoms with Crippen LogP contribution in [0.2, 0.25) is 0 Å². The van der Waals surface area contributed by atoms with Gasteiger partial charge in [-0.25, -0.2) is 14.3 Å². The summed E-state index contributed by atoms with van der Waals surface area (Å²) in [5.74, 6) is -0.388. The zero-order valence-corrected chi connectivity index (χ0v) is 26.5. The van der Waals surface area contributed by atoms with Crippen molar-refractivity contribution in [1.29, 1.82) is 0 Å². The van der Waals surface area contributed by atoms with E-state index in [1.54, 1.807) is 34.6 Å². The maximum absolute atomic E-state index is 15.4. The number of aromatic amines is 1. The molecule has 6 atom stereocenters. The predicted octanol–water partition coefficient (Wildman–Crippen LogP) is 2.50. The van der Waals surface area contributed by atoms with Gasteiger partial charge in [0.25, 0.3) is 17.3 Å². The van der Waals surface area contributed by atoms with E-state index in [0.717, 1.165) is 22.5 Å². The highest BCUT2D eigenvalue weighted by Crippen LogP contribution is 2.48. The van der Waals surface area contributed by atoms with Gasteiger partial charge in [-0.15, -0.1) is 0 Å². The Hall–Kier alpha value is -1.16. The third-order valence-corrected chi connectivity index (χ3v) is 9.75. The van der Waals surface area contributed by atoms with Gasteiger partial charge in [0.1, 0.15) is 18.2 Å². The van der Waals surface area contributed by atoms with Crippen LogP contribution in [0, 0.1) is 12.3 Å². The summed E-state index contributed by atoms with van der Waals surface area (Å²) in [6, 6.07) is -0.963. The molecule has 1 aromatic heterocycles. The number of hydrogen-bond acceptors (Lipinski definition) is 11. The smallest absolute Gasteiger partial charge is 0.330 e. The molecule has 0 spiro atoms. The first-order valence-corrected chi connectivity index (χ1v) is 16.4. The molecule has 228 valence electrons. The van der Waals surface area contributed by atoms with Crippen LogP contribution in [0.4, 0.5) is 4.39 Å². The Morgan fingerprint density at radius 3 is 2.55 bits per heavy atom. The fourth-order valence-corrected chi connectivity index (χ4v) is 6.85. The Morgan fingerprint density at radius 1 is 1.35 bits per heavy atom. The lowest BCUT2D eigenvalue weighted by molar-refractivity contribution is -0.149. The molecule has 0 aromatic carbocycles. The quantitative estimate of drug-likeness (QED) is 0.132. The number of aliphatic hydroxyl groups excluding tert-OH is 1. The van der Waals surface area contributed by atoms with Gasteiger partial charge in [0.2, 0.25) is 0 Å². The minimum atomic E-state index is -3.52. The van der Waals surface area contributed by atoms with Gasteiger partial charge < -0.3 is 23.6 Å². The first-order valence-electron chi connectivity index (χ1n) is 12.4. The van der Waals surface area contributed by atoms with Crippen LogP contribution in [0.3, 0.4) is 0 Å². The molecule has 0 saturated carbocycles. The van der Waals surface area contributed by atoms with Crippen molar-refractivity contribution in [2.45, 2.75) is 84.2 Å². The topological polar surface area (TPSA) is 158 Å². The number of aromatic nitrogens is 2. The van der Waals surface area contributed by atoms with E-state index >= 15 is 4.39 Å². The second-order valence-corrected chi connectivity index (χ2v) is 15.3. The lowest BCUT2D eigenvalue weighted by Crippen LogP contribution is -2.42. The van der Waals surface area contributed by atoms with Crippen molar-refractivity contribution >= 4 is 52.9 Å². The molecule has 2 rings (SSSR count). The van der Waals surface area contributed by atoms with Crippen molar-refractivity contribution in [3.05, 3.63) is 32.6 Å². The molecule has 1 aliphatic heterocycles. The first-order chi connectivity index (χ1) is 18.3. The summed E-state index contributed by atoms with van der Waals surface area (Å²) in [5.41, 5.74) is -2.14. The highest BCUT2D eigenvalue weighted by Gasteiger charge is 2.58. The van der Waals surface area contributed by atoms with E-state index in [2.05, 4.69) is 5.09 Å². The molecule has 40 heavy (non-hydrogen) atoms. The molecule has 1 aromatic rings. The number of hydrogen-bond donors (Lipinski definition) is 3. The van der Waals surface area contributed by atoms with E-state index in [4.69, 9.17) is 41.9 Å². The summed E-state index contributed by atoms with van der Waals surface area (Å²) in [7, 11) is 0. The van der Waals surface area contributed by atoms with E-state index in [1.165, 1.54) is 13.8 Å². The highest BCUT2D eigenvalue weighted by atomic mass is 35.5. The number of rotatable bonds is 12. The van der Waals surface area contributed by atoms with Crippen LogP contribution in [0.15, 0.2) is 15.8 Å². The molecule has 1 fully saturated rings. The second-order valence-electron chi connectivity index (χ2n) is 10.5. The molecule has 1 aliphatic rings. The van der Waals surface area contributed by atoms with E-state index in [9.17, 15) is 24.3 Å². The van der Waals surface area contributed by atoms with Gasteiger partial charge in [0.15, 0.2) is 11.3 Å². The molecular weight excluding hydrogens is 612 g/mol. The Balaban J connectivity index is 2.19. The lowest BCUT2D eigenvalue weighted by atomic mass is 10.00. The Kier molecular flexibility index (Phi) is 12.2. The fourth-order valence-electron chi connectivity index (χ4n) is 3.28. The molecule has 0 bridgehead atoms. The van der Waals surface area contributed by atoms with Gasteiger partial charge in [-0.3, -0.25) is 23.9 Å². The number of nitrogens with one attached hydrogen (secondary N) is 2. The van der Waals surface area contributed by atoms with Crippen LogP contribution in [0.5, 0.6) is 0 Å². The summed E-state index contributed by atoms with van der Waals surface area (Å²) in [4.78, 5) is 50.6. The lowest BCUT2D eigenvalue weighted by Gasteiger charge is -2.28. The summed E-state index contributed by atoms with van der Waals surface area (Å²) in [5, 5.41) is 10.3. The predicted molar refractivity (Wildman–Crippen MR) is 153 cm³/mol. The highest BCUT2D eigenvalue weighted by molar-refractivity contribution is 8.13. The summed E-state index contributed by atoms with van der Waals surface area (Å²) >= 11 is 12.6. The van der Waals surface area contributed by atoms with Crippen molar-refractivity contribution in [2.24, 2.45) is 5.41 Å². The fraction of sp³-hybridized carbons (Fsp3) is 0.739. The normalized spacial score (nSPS) is 25.5. The number of aryl methyl sites for hydroxylation is 1. The van der Waals surface area contributed by atoms with Gasteiger partial charge in [-0.1, -0.05) is 44.1 Å². The van der Waals surface area contributed by atoms with Crippen molar-refractivity contribution in [2.75, 3.05) is 19.0 Å². The van der Waals surface area contributed by atoms with E-state index < -0.39 is 71.6 Å². The minimum Gasteiger partial charge on any atom is -0.462 e. The molecule has 0 unspecified atom stereocenters. The number of alkyl halides is 2. The zero-order chi connectivity index (χ0) is 30.6. The number of aliphatic hydroxyl groups is 1. The largest absolute Gasteiger partial charge is 0.462 e. The van der Waals surface area contributed by atoms with E-state index in [0.29, 0.717) is 0 Å². The molecule has 0 amide bonds. The van der Waals surface area contributed by atoms with Crippen LogP contribution in [-0.4, -0.2) is 74.2 Å². The zero-order valence-electron chi connectivity index (χ0n) is 23.3. The number of thioether (sulfide) groups is 1. The summed E-state index contributed by atoms with van der Waals surface area (Å²) in [6.45, 7) is 7.49. The summed E-state index contributed by atoms with van der Waals surface area (Å²) in [6.07, 6.45) is -4.55. The van der Waals surface area contributed by atoms with Gasteiger partial charge in [-0.05, 0) is 39.5 Å². The average molecular weight is 648 g/mol. The van der Waals surface area contributed by atoms with Crippen LogP contribution >= 0.6 is 30.0 Å². The SMILES string of the molecule is Cc1cn([C@@H]2O[C@H](CO[P@@](=S)(N[C@@H](C)C(=O)OC(C)C)OCCSC(=O)C(C)(C)C)[C@@H](O)[C@]2(F)Cl)c(=O)[nH]c1=O.